The van der Waals surface area contributed by atoms with E-state index < -0.39 is 0 Å². The third kappa shape index (κ3) is 4.91. The van der Waals surface area contributed by atoms with Gasteiger partial charge in [-0.25, -0.2) is 0 Å². The average Bonchev–Trinajstić information content (AvgIpc) is 1.96. The van der Waals surface area contributed by atoms with Crippen molar-refractivity contribution >= 4 is 5.91 Å². The topological polar surface area (TPSA) is 29.1 Å². The molecule has 13 heavy (non-hydrogen) atoms. The Morgan fingerprint density at radius 2 is 1.77 bits per heavy atom. The molecule has 0 saturated carbocycles. The molecule has 0 aromatic carbocycles. The second-order valence-electron chi connectivity index (χ2n) is 5.23. The number of hydrogen-bond acceptors (Lipinski definition) is 1. The number of rotatable bonds is 3. The Kier molecular flexibility index (Phi) is 4.45. The van der Waals surface area contributed by atoms with Gasteiger partial charge in [-0.05, 0) is 17.8 Å². The Morgan fingerprint density at radius 1 is 1.31 bits per heavy atom. The molecular weight excluding hydrogens is 162 g/mol. The normalized spacial score (nSPS) is 14.4. The SMILES string of the molecule is CNC(=O)C(CC(C)(C)C)C(C)C. The Hall–Kier alpha value is -0.530. The highest BCUT2D eigenvalue weighted by Gasteiger charge is 2.26. The summed E-state index contributed by atoms with van der Waals surface area (Å²) in [5.41, 5.74) is 0.224. The lowest BCUT2D eigenvalue weighted by Gasteiger charge is -2.27. The molecule has 0 aromatic rings. The van der Waals surface area contributed by atoms with Crippen molar-refractivity contribution in [1.29, 1.82) is 0 Å². The van der Waals surface area contributed by atoms with Crippen LogP contribution in [0.5, 0.6) is 0 Å². The molecule has 0 aliphatic rings. The fourth-order valence-electron chi connectivity index (χ4n) is 1.48. The highest BCUT2D eigenvalue weighted by atomic mass is 16.1. The van der Waals surface area contributed by atoms with Crippen molar-refractivity contribution in [2.24, 2.45) is 17.3 Å². The summed E-state index contributed by atoms with van der Waals surface area (Å²) in [6, 6.07) is 0. The van der Waals surface area contributed by atoms with Crippen LogP contribution in [0.3, 0.4) is 0 Å². The minimum Gasteiger partial charge on any atom is -0.359 e. The van der Waals surface area contributed by atoms with Crippen molar-refractivity contribution in [3.8, 4) is 0 Å². The van der Waals surface area contributed by atoms with Gasteiger partial charge in [-0.3, -0.25) is 4.79 Å². The molecule has 0 fully saturated rings. The predicted octanol–water partition coefficient (Wildman–Crippen LogP) is 2.44. The molecule has 1 N–H and O–H groups in total. The van der Waals surface area contributed by atoms with E-state index in [2.05, 4.69) is 39.9 Å². The van der Waals surface area contributed by atoms with Gasteiger partial charge in [-0.15, -0.1) is 0 Å². The predicted molar refractivity (Wildman–Crippen MR) is 56.5 cm³/mol. The van der Waals surface area contributed by atoms with E-state index in [9.17, 15) is 4.79 Å². The van der Waals surface area contributed by atoms with Gasteiger partial charge >= 0.3 is 0 Å². The highest BCUT2D eigenvalue weighted by molar-refractivity contribution is 5.78. The van der Waals surface area contributed by atoms with E-state index >= 15 is 0 Å². The average molecular weight is 185 g/mol. The Bertz CT molecular complexity index is 167. The van der Waals surface area contributed by atoms with Crippen LogP contribution in [-0.4, -0.2) is 13.0 Å². The number of nitrogens with one attached hydrogen (secondary N) is 1. The maximum atomic E-state index is 11.5. The fourth-order valence-corrected chi connectivity index (χ4v) is 1.48. The summed E-state index contributed by atoms with van der Waals surface area (Å²) in [5, 5.41) is 2.73. The van der Waals surface area contributed by atoms with Crippen molar-refractivity contribution in [2.45, 2.75) is 41.0 Å². The Morgan fingerprint density at radius 3 is 2.00 bits per heavy atom. The van der Waals surface area contributed by atoms with E-state index in [1.165, 1.54) is 0 Å². The molecule has 1 unspecified atom stereocenters. The molecule has 2 heteroatoms. The highest BCUT2D eigenvalue weighted by Crippen LogP contribution is 2.28. The number of amides is 1. The van der Waals surface area contributed by atoms with Crippen LogP contribution in [0, 0.1) is 17.3 Å². The lowest BCUT2D eigenvalue weighted by molar-refractivity contribution is -0.126. The van der Waals surface area contributed by atoms with E-state index in [-0.39, 0.29) is 17.2 Å². The van der Waals surface area contributed by atoms with Crippen molar-refractivity contribution in [3.05, 3.63) is 0 Å². The maximum Gasteiger partial charge on any atom is 0.223 e. The quantitative estimate of drug-likeness (QED) is 0.719. The third-order valence-corrected chi connectivity index (χ3v) is 2.22. The summed E-state index contributed by atoms with van der Waals surface area (Å²) in [6.07, 6.45) is 0.949. The van der Waals surface area contributed by atoms with Gasteiger partial charge in [-0.1, -0.05) is 34.6 Å². The van der Waals surface area contributed by atoms with Crippen molar-refractivity contribution in [2.75, 3.05) is 7.05 Å². The summed E-state index contributed by atoms with van der Waals surface area (Å²) in [7, 11) is 1.71. The van der Waals surface area contributed by atoms with Crippen molar-refractivity contribution in [1.82, 2.24) is 5.32 Å². The largest absolute Gasteiger partial charge is 0.359 e. The zero-order valence-electron chi connectivity index (χ0n) is 9.77. The first-order valence-corrected chi connectivity index (χ1v) is 4.99. The number of carbonyl (C=O) groups excluding carboxylic acids is 1. The summed E-state index contributed by atoms with van der Waals surface area (Å²) >= 11 is 0. The summed E-state index contributed by atoms with van der Waals surface area (Å²) in [6.45, 7) is 10.7. The van der Waals surface area contributed by atoms with E-state index in [4.69, 9.17) is 0 Å². The van der Waals surface area contributed by atoms with Crippen LogP contribution >= 0.6 is 0 Å². The minimum atomic E-state index is 0.144. The van der Waals surface area contributed by atoms with Crippen LogP contribution in [-0.2, 0) is 4.79 Å². The molecule has 0 radical (unpaired) electrons. The first kappa shape index (κ1) is 12.5. The van der Waals surface area contributed by atoms with Gasteiger partial charge in [-0.2, -0.15) is 0 Å². The zero-order chi connectivity index (χ0) is 10.6. The molecule has 1 atom stereocenters. The maximum absolute atomic E-state index is 11.5. The van der Waals surface area contributed by atoms with Crippen LogP contribution in [0.25, 0.3) is 0 Å². The van der Waals surface area contributed by atoms with Crippen LogP contribution < -0.4 is 5.32 Å². The first-order chi connectivity index (χ1) is 5.78. The zero-order valence-corrected chi connectivity index (χ0v) is 9.77. The summed E-state index contributed by atoms with van der Waals surface area (Å²) in [5.74, 6) is 0.731. The molecule has 78 valence electrons. The second kappa shape index (κ2) is 4.64. The smallest absolute Gasteiger partial charge is 0.223 e. The van der Waals surface area contributed by atoms with E-state index in [1.807, 2.05) is 0 Å². The molecule has 0 spiro atoms. The van der Waals surface area contributed by atoms with Crippen molar-refractivity contribution < 1.29 is 4.79 Å². The van der Waals surface area contributed by atoms with Crippen LogP contribution in [0.2, 0.25) is 0 Å². The van der Waals surface area contributed by atoms with Gasteiger partial charge in [0, 0.05) is 13.0 Å². The lowest BCUT2D eigenvalue weighted by Crippen LogP contribution is -2.33. The summed E-state index contributed by atoms with van der Waals surface area (Å²) in [4.78, 5) is 11.5. The molecule has 0 bridgehead atoms. The van der Waals surface area contributed by atoms with Gasteiger partial charge in [0.15, 0.2) is 0 Å². The molecule has 2 nitrogen and oxygen atoms in total. The Labute approximate surface area is 82.1 Å². The Balaban J connectivity index is 4.36. The minimum absolute atomic E-state index is 0.144. The molecule has 0 aliphatic carbocycles. The van der Waals surface area contributed by atoms with E-state index in [1.54, 1.807) is 7.05 Å². The van der Waals surface area contributed by atoms with Crippen LogP contribution in [0.15, 0.2) is 0 Å². The second-order valence-corrected chi connectivity index (χ2v) is 5.23. The first-order valence-electron chi connectivity index (χ1n) is 4.99. The molecule has 0 aliphatic heterocycles. The van der Waals surface area contributed by atoms with Gasteiger partial charge in [0.1, 0.15) is 0 Å². The third-order valence-electron chi connectivity index (χ3n) is 2.22. The molecule has 1 amide bonds. The van der Waals surface area contributed by atoms with E-state index in [0.29, 0.717) is 5.92 Å². The summed E-state index contributed by atoms with van der Waals surface area (Å²) < 4.78 is 0. The van der Waals surface area contributed by atoms with Gasteiger partial charge in [0.05, 0.1) is 0 Å². The molecule has 0 heterocycles. The van der Waals surface area contributed by atoms with Crippen LogP contribution in [0.1, 0.15) is 41.0 Å². The number of hydrogen-bond donors (Lipinski definition) is 1. The van der Waals surface area contributed by atoms with Gasteiger partial charge in [0.2, 0.25) is 5.91 Å². The molecule has 0 rings (SSSR count). The lowest BCUT2D eigenvalue weighted by atomic mass is 9.79. The monoisotopic (exact) mass is 185 g/mol. The molecule has 0 aromatic heterocycles. The molecular formula is C11H23NO. The molecule has 0 saturated heterocycles. The number of carbonyl (C=O) groups is 1. The standard InChI is InChI=1S/C11H23NO/c1-8(2)9(10(13)12-6)7-11(3,4)5/h8-9H,7H2,1-6H3,(H,12,13). The van der Waals surface area contributed by atoms with Gasteiger partial charge < -0.3 is 5.32 Å². The van der Waals surface area contributed by atoms with Crippen LogP contribution in [0.4, 0.5) is 0 Å². The fraction of sp³-hybridized carbons (Fsp3) is 0.909. The van der Waals surface area contributed by atoms with Crippen molar-refractivity contribution in [3.63, 3.8) is 0 Å². The van der Waals surface area contributed by atoms with Gasteiger partial charge in [0.25, 0.3) is 0 Å². The van der Waals surface area contributed by atoms with E-state index in [0.717, 1.165) is 6.42 Å².